The molecule has 1 amide bonds. The molecule has 3 heterocycles. The zero-order valence-electron chi connectivity index (χ0n) is 13.3. The van der Waals surface area contributed by atoms with Crippen molar-refractivity contribution in [2.75, 3.05) is 6.54 Å². The number of fused-ring (bicyclic) bond motifs is 1. The summed E-state index contributed by atoms with van der Waals surface area (Å²) in [6.45, 7) is 2.98. The third-order valence-corrected chi connectivity index (χ3v) is 3.54. The lowest BCUT2D eigenvalue weighted by Gasteiger charge is -2.03. The molecule has 3 N–H and O–H groups in total. The number of hydrogen-bond acceptors (Lipinski definition) is 4. The van der Waals surface area contributed by atoms with Crippen LogP contribution in [0.25, 0.3) is 17.1 Å². The molecule has 0 saturated heterocycles. The van der Waals surface area contributed by atoms with Crippen molar-refractivity contribution in [3.05, 3.63) is 35.8 Å². The van der Waals surface area contributed by atoms with Crippen LogP contribution in [0.15, 0.2) is 35.2 Å². The fraction of sp³-hybridized carbons (Fsp3) is 0.312. The highest BCUT2D eigenvalue weighted by atomic mass is 35.5. The van der Waals surface area contributed by atoms with Crippen LogP contribution in [0.4, 0.5) is 0 Å². The maximum Gasteiger partial charge on any atom is 0.276 e. The molecule has 6 nitrogen and oxygen atoms in total. The fourth-order valence-electron chi connectivity index (χ4n) is 2.38. The number of rotatable bonds is 5. The third-order valence-electron chi connectivity index (χ3n) is 3.54. The normalized spacial score (nSPS) is 14.8. The average Bonchev–Trinajstić information content (AvgIpc) is 3.09. The number of amides is 1. The van der Waals surface area contributed by atoms with Crippen molar-refractivity contribution in [1.82, 2.24) is 20.6 Å². The zero-order valence-corrected chi connectivity index (χ0v) is 15.0. The minimum atomic E-state index is -0.184. The van der Waals surface area contributed by atoms with Gasteiger partial charge in [0.15, 0.2) is 0 Å². The van der Waals surface area contributed by atoms with Gasteiger partial charge in [-0.25, -0.2) is 9.98 Å². The Morgan fingerprint density at radius 1 is 1.29 bits per heavy atom. The van der Waals surface area contributed by atoms with Gasteiger partial charge in [-0.15, -0.1) is 24.8 Å². The number of aliphatic imine (C=N–C) groups is 1. The minimum absolute atomic E-state index is 0. The fourth-order valence-corrected chi connectivity index (χ4v) is 2.38. The van der Waals surface area contributed by atoms with Gasteiger partial charge < -0.3 is 10.3 Å². The van der Waals surface area contributed by atoms with E-state index in [1.165, 1.54) is 12.8 Å². The van der Waals surface area contributed by atoms with Crippen LogP contribution in [-0.4, -0.2) is 28.4 Å². The number of unbranched alkanes of at least 4 members (excludes halogenated alkanes) is 2. The van der Waals surface area contributed by atoms with Crippen molar-refractivity contribution in [2.24, 2.45) is 4.99 Å². The van der Waals surface area contributed by atoms with Crippen molar-refractivity contribution in [2.45, 2.75) is 26.2 Å². The standard InChI is InChI=1S/C16H19N5O.2ClH/c1-2-3-4-7-18-16-20-13(15(22)21-16)9-11-10-19-14-12(11)6-5-8-17-14;;/h5-6,8-10H,2-4,7H2,1H3,(H,17,19)(H2,18,20,21,22);2*1H. The quantitative estimate of drug-likeness (QED) is 0.559. The topological polar surface area (TPSA) is 82.2 Å². The number of pyridine rings is 1. The highest BCUT2D eigenvalue weighted by molar-refractivity contribution is 6.14. The summed E-state index contributed by atoms with van der Waals surface area (Å²) in [6, 6.07) is 3.84. The Kier molecular flexibility index (Phi) is 7.74. The van der Waals surface area contributed by atoms with Crippen molar-refractivity contribution in [3.8, 4) is 0 Å². The van der Waals surface area contributed by atoms with Gasteiger partial charge in [0.1, 0.15) is 11.3 Å². The number of aromatic amines is 1. The summed E-state index contributed by atoms with van der Waals surface area (Å²) in [7, 11) is 0. The molecule has 1 aliphatic rings. The monoisotopic (exact) mass is 369 g/mol. The van der Waals surface area contributed by atoms with Crippen LogP contribution in [0.3, 0.4) is 0 Å². The molecule has 0 bridgehead atoms. The lowest BCUT2D eigenvalue weighted by atomic mass is 10.2. The van der Waals surface area contributed by atoms with E-state index >= 15 is 0 Å². The maximum atomic E-state index is 12.0. The van der Waals surface area contributed by atoms with E-state index in [0.29, 0.717) is 11.7 Å². The first-order chi connectivity index (χ1) is 10.8. The van der Waals surface area contributed by atoms with Crippen LogP contribution in [0.2, 0.25) is 0 Å². The number of halogens is 2. The molecule has 0 unspecified atom stereocenters. The molecule has 0 saturated carbocycles. The summed E-state index contributed by atoms with van der Waals surface area (Å²) < 4.78 is 0. The van der Waals surface area contributed by atoms with Crippen LogP contribution in [0.5, 0.6) is 0 Å². The second kappa shape index (κ2) is 9.30. The first-order valence-electron chi connectivity index (χ1n) is 7.55. The van der Waals surface area contributed by atoms with Gasteiger partial charge in [0.05, 0.1) is 0 Å². The highest BCUT2D eigenvalue weighted by Crippen LogP contribution is 2.20. The molecule has 2 aromatic heterocycles. The van der Waals surface area contributed by atoms with Crippen LogP contribution >= 0.6 is 24.8 Å². The van der Waals surface area contributed by atoms with Gasteiger partial charge >= 0.3 is 0 Å². The third kappa shape index (κ3) is 4.49. The number of guanidine groups is 1. The molecule has 0 aliphatic carbocycles. The number of carbonyl (C=O) groups is 1. The molecule has 1 aliphatic heterocycles. The molecule has 8 heteroatoms. The second-order valence-electron chi connectivity index (χ2n) is 5.22. The summed E-state index contributed by atoms with van der Waals surface area (Å²) in [5.41, 5.74) is 2.11. The van der Waals surface area contributed by atoms with Gasteiger partial charge in [-0.1, -0.05) is 19.8 Å². The predicted octanol–water partition coefficient (Wildman–Crippen LogP) is 3.01. The number of nitrogens with zero attached hydrogens (tertiary/aromatic N) is 2. The Balaban J connectivity index is 0.00000144. The van der Waals surface area contributed by atoms with Crippen molar-refractivity contribution >= 4 is 53.8 Å². The Bertz CT molecular complexity index is 754. The number of nitrogens with one attached hydrogen (secondary N) is 3. The van der Waals surface area contributed by atoms with Crippen LogP contribution in [0.1, 0.15) is 31.7 Å². The van der Waals surface area contributed by atoms with E-state index < -0.39 is 0 Å². The Labute approximate surface area is 153 Å². The molecule has 130 valence electrons. The highest BCUT2D eigenvalue weighted by Gasteiger charge is 2.20. The molecule has 0 atom stereocenters. The summed E-state index contributed by atoms with van der Waals surface area (Å²) in [5.74, 6) is 0.349. The van der Waals surface area contributed by atoms with Gasteiger partial charge in [-0.3, -0.25) is 10.1 Å². The van der Waals surface area contributed by atoms with E-state index in [-0.39, 0.29) is 30.7 Å². The van der Waals surface area contributed by atoms with Crippen LogP contribution < -0.4 is 10.6 Å². The average molecular weight is 370 g/mol. The molecule has 3 rings (SSSR count). The summed E-state index contributed by atoms with van der Waals surface area (Å²) >= 11 is 0. The molecule has 0 spiro atoms. The number of H-pyrrole nitrogens is 1. The first-order valence-corrected chi connectivity index (χ1v) is 7.55. The second-order valence-corrected chi connectivity index (χ2v) is 5.22. The van der Waals surface area contributed by atoms with E-state index in [2.05, 4.69) is 32.5 Å². The molecule has 24 heavy (non-hydrogen) atoms. The number of carbonyl (C=O) groups excluding carboxylic acids is 1. The summed E-state index contributed by atoms with van der Waals surface area (Å²) in [4.78, 5) is 23.6. The van der Waals surface area contributed by atoms with Gasteiger partial charge in [-0.2, -0.15) is 0 Å². The molecular weight excluding hydrogens is 349 g/mol. The smallest absolute Gasteiger partial charge is 0.276 e. The van der Waals surface area contributed by atoms with E-state index in [0.717, 1.165) is 29.6 Å². The van der Waals surface area contributed by atoms with Crippen molar-refractivity contribution < 1.29 is 4.79 Å². The van der Waals surface area contributed by atoms with Gasteiger partial charge in [-0.05, 0) is 24.6 Å². The van der Waals surface area contributed by atoms with Crippen LogP contribution in [0, 0.1) is 0 Å². The Hall–Kier alpha value is -2.05. The first kappa shape index (κ1) is 20.0. The molecular formula is C16H21Cl2N5O. The van der Waals surface area contributed by atoms with E-state index in [4.69, 9.17) is 0 Å². The molecule has 0 fully saturated rings. The van der Waals surface area contributed by atoms with E-state index in [9.17, 15) is 4.79 Å². The number of aromatic nitrogens is 2. The summed E-state index contributed by atoms with van der Waals surface area (Å²) in [6.07, 6.45) is 8.74. The SMILES string of the molecule is CCCCCNC1=NC(=Cc2c[nH]c3ncccc23)C(=O)N1.Cl.Cl. The van der Waals surface area contributed by atoms with Crippen LogP contribution in [-0.2, 0) is 4.79 Å². The Morgan fingerprint density at radius 2 is 2.12 bits per heavy atom. The lowest BCUT2D eigenvalue weighted by molar-refractivity contribution is -0.115. The van der Waals surface area contributed by atoms with Crippen molar-refractivity contribution in [3.63, 3.8) is 0 Å². The van der Waals surface area contributed by atoms with Gasteiger partial charge in [0, 0.05) is 29.9 Å². The van der Waals surface area contributed by atoms with Gasteiger partial charge in [0.2, 0.25) is 5.96 Å². The Morgan fingerprint density at radius 3 is 2.92 bits per heavy atom. The zero-order chi connectivity index (χ0) is 15.4. The number of hydrogen-bond donors (Lipinski definition) is 3. The van der Waals surface area contributed by atoms with Gasteiger partial charge in [0.25, 0.3) is 5.91 Å². The molecule has 0 radical (unpaired) electrons. The molecule has 2 aromatic rings. The van der Waals surface area contributed by atoms with E-state index in [1.54, 1.807) is 12.3 Å². The van der Waals surface area contributed by atoms with E-state index in [1.807, 2.05) is 18.3 Å². The largest absolute Gasteiger partial charge is 0.356 e. The predicted molar refractivity (Wildman–Crippen MR) is 102 cm³/mol. The molecule has 0 aromatic carbocycles. The maximum absolute atomic E-state index is 12.0. The lowest BCUT2D eigenvalue weighted by Crippen LogP contribution is -2.36. The minimum Gasteiger partial charge on any atom is -0.356 e. The van der Waals surface area contributed by atoms with Crippen molar-refractivity contribution in [1.29, 1.82) is 0 Å². The summed E-state index contributed by atoms with van der Waals surface area (Å²) in [5, 5.41) is 6.87.